The van der Waals surface area contributed by atoms with Gasteiger partial charge in [-0.25, -0.2) is 13.6 Å². The minimum atomic E-state index is -1.21. The number of amides is 1. The maximum Gasteiger partial charge on any atom is 0.339 e. The van der Waals surface area contributed by atoms with E-state index in [1.54, 1.807) is 0 Å². The average molecular weight is 321 g/mol. The quantitative estimate of drug-likeness (QED) is 0.849. The van der Waals surface area contributed by atoms with Gasteiger partial charge in [-0.1, -0.05) is 6.07 Å². The summed E-state index contributed by atoms with van der Waals surface area (Å²) in [5.41, 5.74) is -0.158. The molecule has 1 amide bonds. The van der Waals surface area contributed by atoms with Crippen LogP contribution in [0.4, 0.5) is 14.5 Å². The first-order chi connectivity index (χ1) is 10.9. The maximum absolute atomic E-state index is 13.5. The van der Waals surface area contributed by atoms with Gasteiger partial charge in [0, 0.05) is 6.07 Å². The molecule has 2 aromatic rings. The first-order valence-corrected chi connectivity index (χ1v) is 6.63. The second-order valence-corrected chi connectivity index (χ2v) is 4.71. The lowest BCUT2D eigenvalue weighted by molar-refractivity contribution is -0.123. The van der Waals surface area contributed by atoms with Gasteiger partial charge in [-0.05, 0) is 37.3 Å². The highest BCUT2D eigenvalue weighted by Gasteiger charge is 2.20. The fourth-order valence-electron chi connectivity index (χ4n) is 1.74. The molecule has 2 N–H and O–H groups in total. The zero-order valence-corrected chi connectivity index (χ0v) is 12.0. The summed E-state index contributed by atoms with van der Waals surface area (Å²) in [6.45, 7) is 1.30. The van der Waals surface area contributed by atoms with Gasteiger partial charge in [0.1, 0.15) is 17.4 Å². The van der Waals surface area contributed by atoms with Crippen LogP contribution in [0.3, 0.4) is 0 Å². The van der Waals surface area contributed by atoms with E-state index in [1.165, 1.54) is 31.2 Å². The van der Waals surface area contributed by atoms with E-state index >= 15 is 0 Å². The third kappa shape index (κ3) is 4.26. The number of ether oxygens (including phenoxy) is 1. The Morgan fingerprint density at radius 2 is 1.91 bits per heavy atom. The van der Waals surface area contributed by atoms with Crippen LogP contribution in [0.5, 0.6) is 5.75 Å². The van der Waals surface area contributed by atoms with Crippen LogP contribution < -0.4 is 5.32 Å². The Kier molecular flexibility index (Phi) is 4.90. The maximum atomic E-state index is 13.5. The predicted octanol–water partition coefficient (Wildman–Crippen LogP) is 2.85. The van der Waals surface area contributed by atoms with Crippen LogP contribution in [0.25, 0.3) is 0 Å². The number of carbonyl (C=O) groups is 2. The summed E-state index contributed by atoms with van der Waals surface area (Å²) in [5.74, 6) is -3.43. The monoisotopic (exact) mass is 321 g/mol. The van der Waals surface area contributed by atoms with Crippen molar-refractivity contribution in [2.45, 2.75) is 13.0 Å². The first-order valence-electron chi connectivity index (χ1n) is 6.63. The Bertz CT molecular complexity index is 749. The summed E-state index contributed by atoms with van der Waals surface area (Å²) in [4.78, 5) is 23.7. The van der Waals surface area contributed by atoms with Crippen molar-refractivity contribution < 1.29 is 28.2 Å². The number of hydrogen-bond acceptors (Lipinski definition) is 4. The lowest BCUT2D eigenvalue weighted by Gasteiger charge is -2.14. The summed E-state index contributed by atoms with van der Waals surface area (Å²) in [7, 11) is 0. The molecule has 0 radical (unpaired) electrons. The van der Waals surface area contributed by atoms with Crippen LogP contribution in [0, 0.1) is 11.6 Å². The van der Waals surface area contributed by atoms with Crippen LogP contribution in [-0.2, 0) is 9.53 Å². The van der Waals surface area contributed by atoms with E-state index in [1.807, 2.05) is 0 Å². The first kappa shape index (κ1) is 16.4. The van der Waals surface area contributed by atoms with Crippen molar-refractivity contribution in [2.24, 2.45) is 0 Å². The second-order valence-electron chi connectivity index (χ2n) is 4.71. The van der Waals surface area contributed by atoms with Gasteiger partial charge >= 0.3 is 5.97 Å². The van der Waals surface area contributed by atoms with Crippen LogP contribution >= 0.6 is 0 Å². The van der Waals surface area contributed by atoms with Crippen LogP contribution in [0.1, 0.15) is 17.3 Å². The SMILES string of the molecule is C[C@H](OC(=O)c1cccc(O)c1)C(=O)Nc1ccc(F)cc1F. The fraction of sp³-hybridized carbons (Fsp3) is 0.125. The Morgan fingerprint density at radius 1 is 1.17 bits per heavy atom. The van der Waals surface area contributed by atoms with Gasteiger partial charge in [-0.2, -0.15) is 0 Å². The number of benzene rings is 2. The topological polar surface area (TPSA) is 75.6 Å². The van der Waals surface area contributed by atoms with Crippen molar-refractivity contribution in [1.29, 1.82) is 0 Å². The van der Waals surface area contributed by atoms with E-state index in [2.05, 4.69) is 5.32 Å². The Balaban J connectivity index is 2.01. The number of carbonyl (C=O) groups excluding carboxylic acids is 2. The largest absolute Gasteiger partial charge is 0.508 e. The predicted molar refractivity (Wildman–Crippen MR) is 78.0 cm³/mol. The molecular weight excluding hydrogens is 308 g/mol. The molecule has 0 unspecified atom stereocenters. The molecule has 0 aliphatic heterocycles. The number of aromatic hydroxyl groups is 1. The van der Waals surface area contributed by atoms with Crippen molar-refractivity contribution in [2.75, 3.05) is 5.32 Å². The standard InChI is InChI=1S/C16H13F2NO4/c1-9(23-16(22)10-3-2-4-12(20)7-10)15(21)19-14-6-5-11(17)8-13(14)18/h2-9,20H,1H3,(H,19,21)/t9-/m0/s1. The normalized spacial score (nSPS) is 11.6. The molecule has 2 rings (SSSR count). The number of rotatable bonds is 4. The zero-order valence-electron chi connectivity index (χ0n) is 12.0. The molecule has 0 aliphatic carbocycles. The van der Waals surface area contributed by atoms with Crippen molar-refractivity contribution >= 4 is 17.6 Å². The zero-order chi connectivity index (χ0) is 17.0. The summed E-state index contributed by atoms with van der Waals surface area (Å²) in [6.07, 6.45) is -1.21. The smallest absolute Gasteiger partial charge is 0.339 e. The van der Waals surface area contributed by atoms with E-state index in [4.69, 9.17) is 4.74 Å². The Morgan fingerprint density at radius 3 is 2.57 bits per heavy atom. The number of phenols is 1. The lowest BCUT2D eigenvalue weighted by Crippen LogP contribution is -2.30. The molecule has 1 atom stereocenters. The second kappa shape index (κ2) is 6.87. The minimum absolute atomic E-state index is 0.0672. The Labute approximate surface area is 130 Å². The molecule has 23 heavy (non-hydrogen) atoms. The summed E-state index contributed by atoms with van der Waals surface area (Å²) in [5, 5.41) is 11.5. The molecule has 0 saturated carbocycles. The number of halogens is 2. The number of hydrogen-bond donors (Lipinski definition) is 2. The minimum Gasteiger partial charge on any atom is -0.508 e. The van der Waals surface area contributed by atoms with Crippen LogP contribution in [0.15, 0.2) is 42.5 Å². The Hall–Kier alpha value is -2.96. The van der Waals surface area contributed by atoms with Crippen molar-refractivity contribution in [3.05, 3.63) is 59.7 Å². The molecule has 120 valence electrons. The molecule has 2 aromatic carbocycles. The van der Waals surface area contributed by atoms with Gasteiger partial charge in [-0.3, -0.25) is 4.79 Å². The number of nitrogens with one attached hydrogen (secondary N) is 1. The highest BCUT2D eigenvalue weighted by molar-refractivity contribution is 5.97. The molecule has 5 nitrogen and oxygen atoms in total. The summed E-state index contributed by atoms with van der Waals surface area (Å²) in [6, 6.07) is 8.10. The molecule has 7 heteroatoms. The van der Waals surface area contributed by atoms with Crippen LogP contribution in [-0.4, -0.2) is 23.1 Å². The number of anilines is 1. The highest BCUT2D eigenvalue weighted by Crippen LogP contribution is 2.16. The molecular formula is C16H13F2NO4. The van der Waals surface area contributed by atoms with Crippen molar-refractivity contribution in [1.82, 2.24) is 0 Å². The van der Waals surface area contributed by atoms with Crippen LogP contribution in [0.2, 0.25) is 0 Å². The van der Waals surface area contributed by atoms with Gasteiger partial charge < -0.3 is 15.2 Å². The number of esters is 1. The van der Waals surface area contributed by atoms with Gasteiger partial charge in [0.25, 0.3) is 5.91 Å². The van der Waals surface area contributed by atoms with E-state index in [0.29, 0.717) is 6.07 Å². The average Bonchev–Trinajstić information content (AvgIpc) is 2.49. The van der Waals surface area contributed by atoms with Crippen molar-refractivity contribution in [3.63, 3.8) is 0 Å². The molecule has 0 heterocycles. The van der Waals surface area contributed by atoms with E-state index < -0.39 is 29.6 Å². The third-order valence-electron chi connectivity index (χ3n) is 2.92. The molecule has 0 saturated heterocycles. The summed E-state index contributed by atoms with van der Waals surface area (Å²) < 4.78 is 31.2. The van der Waals surface area contributed by atoms with Gasteiger partial charge in [0.2, 0.25) is 0 Å². The molecule has 0 aliphatic rings. The van der Waals surface area contributed by atoms with Gasteiger partial charge in [0.15, 0.2) is 6.10 Å². The number of phenolic OH excluding ortho intramolecular Hbond substituents is 1. The molecule has 0 spiro atoms. The van der Waals surface area contributed by atoms with E-state index in [0.717, 1.165) is 12.1 Å². The third-order valence-corrected chi connectivity index (χ3v) is 2.92. The van der Waals surface area contributed by atoms with Gasteiger partial charge in [0.05, 0.1) is 11.3 Å². The fourth-order valence-corrected chi connectivity index (χ4v) is 1.74. The molecule has 0 fully saturated rings. The molecule has 0 bridgehead atoms. The lowest BCUT2D eigenvalue weighted by atomic mass is 10.2. The highest BCUT2D eigenvalue weighted by atomic mass is 19.1. The van der Waals surface area contributed by atoms with E-state index in [9.17, 15) is 23.5 Å². The summed E-state index contributed by atoms with van der Waals surface area (Å²) >= 11 is 0. The van der Waals surface area contributed by atoms with E-state index in [-0.39, 0.29) is 17.0 Å². The van der Waals surface area contributed by atoms with Crippen molar-refractivity contribution in [3.8, 4) is 5.75 Å². The molecule has 0 aromatic heterocycles. The van der Waals surface area contributed by atoms with Gasteiger partial charge in [-0.15, -0.1) is 0 Å².